The van der Waals surface area contributed by atoms with E-state index in [1.807, 2.05) is 41.8 Å². The summed E-state index contributed by atoms with van der Waals surface area (Å²) in [5.74, 6) is 0.829. The molecule has 5 rings (SSSR count). The second-order valence-corrected chi connectivity index (χ2v) is 7.62. The molecule has 0 saturated heterocycles. The molecule has 5 nitrogen and oxygen atoms in total. The van der Waals surface area contributed by atoms with Crippen LogP contribution >= 0.6 is 0 Å². The Morgan fingerprint density at radius 1 is 1.03 bits per heavy atom. The Balaban J connectivity index is 1.68. The van der Waals surface area contributed by atoms with Crippen LogP contribution in [0.2, 0.25) is 0 Å². The number of hydrogen-bond donors (Lipinski definition) is 1. The minimum absolute atomic E-state index is 0.163. The highest BCUT2D eigenvalue weighted by molar-refractivity contribution is 5.84. The summed E-state index contributed by atoms with van der Waals surface area (Å²) in [6.07, 6.45) is 5.09. The number of nitrogens with zero attached hydrogens (tertiary/aromatic N) is 3. The average molecular weight is 384 g/mol. The van der Waals surface area contributed by atoms with Gasteiger partial charge in [-0.05, 0) is 56.0 Å². The Morgan fingerprint density at radius 3 is 2.55 bits per heavy atom. The fraction of sp³-hybridized carbons (Fsp3) is 0.250. The lowest BCUT2D eigenvalue weighted by molar-refractivity contribution is 0.253. The van der Waals surface area contributed by atoms with Gasteiger partial charge in [-0.3, -0.25) is 0 Å². The van der Waals surface area contributed by atoms with Crippen molar-refractivity contribution in [2.24, 2.45) is 5.73 Å². The molecule has 1 aliphatic rings. The van der Waals surface area contributed by atoms with Crippen molar-refractivity contribution in [2.45, 2.75) is 31.7 Å². The van der Waals surface area contributed by atoms with Crippen LogP contribution < -0.4 is 10.5 Å². The Hall–Kier alpha value is -3.18. The first-order chi connectivity index (χ1) is 14.2. The Labute approximate surface area is 170 Å². The minimum atomic E-state index is -0.163. The first-order valence-electron chi connectivity index (χ1n) is 10.2. The van der Waals surface area contributed by atoms with Gasteiger partial charge in [-0.15, -0.1) is 0 Å². The lowest BCUT2D eigenvalue weighted by Crippen LogP contribution is -2.43. The van der Waals surface area contributed by atoms with Gasteiger partial charge in [0.1, 0.15) is 11.4 Å². The summed E-state index contributed by atoms with van der Waals surface area (Å²) in [5, 5.41) is 4.56. The fourth-order valence-corrected chi connectivity index (χ4v) is 4.08. The smallest absolute Gasteiger partial charge is 0.154 e. The fourth-order valence-electron chi connectivity index (χ4n) is 4.08. The van der Waals surface area contributed by atoms with E-state index in [1.54, 1.807) is 6.20 Å². The molecule has 5 heteroatoms. The van der Waals surface area contributed by atoms with Gasteiger partial charge in [0.15, 0.2) is 5.65 Å². The number of imidazole rings is 1. The molecule has 146 valence electrons. The predicted octanol–water partition coefficient (Wildman–Crippen LogP) is 4.80. The molecule has 1 aliphatic carbocycles. The van der Waals surface area contributed by atoms with Gasteiger partial charge in [0.05, 0.1) is 12.3 Å². The molecule has 0 atom stereocenters. The van der Waals surface area contributed by atoms with Gasteiger partial charge in [-0.2, -0.15) is 5.10 Å². The number of rotatable bonds is 5. The number of ether oxygens (including phenoxy) is 1. The highest BCUT2D eigenvalue weighted by atomic mass is 16.5. The van der Waals surface area contributed by atoms with Gasteiger partial charge in [0.25, 0.3) is 0 Å². The van der Waals surface area contributed by atoms with Gasteiger partial charge in [-0.1, -0.05) is 36.4 Å². The Bertz CT molecular complexity index is 1160. The van der Waals surface area contributed by atoms with Crippen LogP contribution in [-0.4, -0.2) is 21.2 Å². The van der Waals surface area contributed by atoms with E-state index in [9.17, 15) is 0 Å². The minimum Gasteiger partial charge on any atom is -0.493 e. The molecule has 0 aliphatic heterocycles. The Morgan fingerprint density at radius 2 is 1.83 bits per heavy atom. The summed E-state index contributed by atoms with van der Waals surface area (Å²) in [4.78, 5) is 4.90. The quantitative estimate of drug-likeness (QED) is 0.537. The summed E-state index contributed by atoms with van der Waals surface area (Å²) in [5.41, 5.74) is 12.2. The molecular formula is C24H24N4O. The first-order valence-corrected chi connectivity index (χ1v) is 10.2. The summed E-state index contributed by atoms with van der Waals surface area (Å²) >= 11 is 0. The topological polar surface area (TPSA) is 65.4 Å². The molecule has 0 spiro atoms. The Kier molecular flexibility index (Phi) is 4.32. The van der Waals surface area contributed by atoms with Crippen molar-refractivity contribution in [2.75, 3.05) is 6.61 Å². The van der Waals surface area contributed by atoms with E-state index in [4.69, 9.17) is 15.5 Å². The van der Waals surface area contributed by atoms with Crippen molar-refractivity contribution < 1.29 is 4.74 Å². The van der Waals surface area contributed by atoms with Crippen molar-refractivity contribution >= 4 is 5.65 Å². The molecule has 0 bridgehead atoms. The van der Waals surface area contributed by atoms with Crippen LogP contribution in [0, 0.1) is 0 Å². The number of fused-ring (bicyclic) bond motifs is 1. The molecule has 2 aromatic carbocycles. The molecule has 4 aromatic rings. The summed E-state index contributed by atoms with van der Waals surface area (Å²) in [6, 6.07) is 20.5. The zero-order valence-electron chi connectivity index (χ0n) is 16.5. The SMILES string of the molecule is CCOc1ccccc1-c1c(-c2ccc(C3(N)CCC3)cc2)nc2cccnn12. The maximum atomic E-state index is 6.50. The summed E-state index contributed by atoms with van der Waals surface area (Å²) in [7, 11) is 0. The largest absolute Gasteiger partial charge is 0.493 e. The van der Waals surface area contributed by atoms with Crippen molar-refractivity contribution in [1.82, 2.24) is 14.6 Å². The van der Waals surface area contributed by atoms with Crippen LogP contribution in [-0.2, 0) is 5.54 Å². The van der Waals surface area contributed by atoms with Crippen LogP contribution in [0.5, 0.6) is 5.75 Å². The molecule has 2 aromatic heterocycles. The first kappa shape index (κ1) is 17.9. The lowest BCUT2D eigenvalue weighted by atomic mass is 9.72. The highest BCUT2D eigenvalue weighted by Gasteiger charge is 2.34. The number of aromatic nitrogens is 3. The van der Waals surface area contributed by atoms with Gasteiger partial charge in [0, 0.05) is 22.9 Å². The maximum Gasteiger partial charge on any atom is 0.154 e. The standard InChI is InChI=1S/C24H24N4O/c1-2-29-20-8-4-3-7-19(20)23-22(27-21-9-5-16-26-28(21)23)17-10-12-18(13-11-17)24(25)14-6-15-24/h3-5,7-13,16H,2,6,14-15,25H2,1H3. The van der Waals surface area contributed by atoms with E-state index in [2.05, 4.69) is 35.4 Å². The lowest BCUT2D eigenvalue weighted by Gasteiger charge is -2.38. The summed E-state index contributed by atoms with van der Waals surface area (Å²) in [6.45, 7) is 2.59. The van der Waals surface area contributed by atoms with Crippen molar-refractivity contribution in [3.05, 3.63) is 72.4 Å². The van der Waals surface area contributed by atoms with Crippen LogP contribution in [0.25, 0.3) is 28.2 Å². The maximum absolute atomic E-state index is 6.50. The molecule has 2 heterocycles. The van der Waals surface area contributed by atoms with E-state index in [0.717, 1.165) is 46.8 Å². The van der Waals surface area contributed by atoms with Crippen LogP contribution in [0.15, 0.2) is 66.9 Å². The normalized spacial score (nSPS) is 15.2. The number of benzene rings is 2. The third-order valence-corrected chi connectivity index (χ3v) is 5.81. The number of hydrogen-bond acceptors (Lipinski definition) is 4. The van der Waals surface area contributed by atoms with E-state index >= 15 is 0 Å². The van der Waals surface area contributed by atoms with Gasteiger partial charge in [0.2, 0.25) is 0 Å². The van der Waals surface area contributed by atoms with E-state index in [-0.39, 0.29) is 5.54 Å². The zero-order valence-corrected chi connectivity index (χ0v) is 16.5. The molecule has 29 heavy (non-hydrogen) atoms. The van der Waals surface area contributed by atoms with Crippen LogP contribution in [0.3, 0.4) is 0 Å². The zero-order chi connectivity index (χ0) is 19.8. The van der Waals surface area contributed by atoms with E-state index in [0.29, 0.717) is 6.61 Å². The van der Waals surface area contributed by atoms with Crippen molar-refractivity contribution in [3.8, 4) is 28.3 Å². The monoisotopic (exact) mass is 384 g/mol. The van der Waals surface area contributed by atoms with E-state index < -0.39 is 0 Å². The molecule has 0 unspecified atom stereocenters. The summed E-state index contributed by atoms with van der Waals surface area (Å²) < 4.78 is 7.79. The number of para-hydroxylation sites is 1. The molecule has 1 fully saturated rings. The second-order valence-electron chi connectivity index (χ2n) is 7.62. The third kappa shape index (κ3) is 2.98. The van der Waals surface area contributed by atoms with Gasteiger partial charge in [-0.25, -0.2) is 9.50 Å². The predicted molar refractivity (Wildman–Crippen MR) is 115 cm³/mol. The molecule has 2 N–H and O–H groups in total. The highest BCUT2D eigenvalue weighted by Crippen LogP contribution is 2.41. The average Bonchev–Trinajstić information content (AvgIpc) is 3.12. The van der Waals surface area contributed by atoms with Gasteiger partial charge >= 0.3 is 0 Å². The molecular weight excluding hydrogens is 360 g/mol. The molecule has 0 radical (unpaired) electrons. The van der Waals surface area contributed by atoms with Crippen LogP contribution in [0.4, 0.5) is 0 Å². The molecule has 1 saturated carbocycles. The molecule has 0 amide bonds. The number of nitrogens with two attached hydrogens (primary N) is 1. The van der Waals surface area contributed by atoms with E-state index in [1.165, 1.54) is 12.0 Å². The van der Waals surface area contributed by atoms with Crippen molar-refractivity contribution in [1.29, 1.82) is 0 Å². The van der Waals surface area contributed by atoms with Gasteiger partial charge < -0.3 is 10.5 Å². The van der Waals surface area contributed by atoms with Crippen LogP contribution in [0.1, 0.15) is 31.7 Å². The third-order valence-electron chi connectivity index (χ3n) is 5.81. The van der Waals surface area contributed by atoms with Crippen molar-refractivity contribution in [3.63, 3.8) is 0 Å². The second kappa shape index (κ2) is 7.01.